The van der Waals surface area contributed by atoms with Crippen LogP contribution in [0.2, 0.25) is 0 Å². The summed E-state index contributed by atoms with van der Waals surface area (Å²) in [6, 6.07) is 14.1. The molecule has 53 heavy (non-hydrogen) atoms. The molecule has 8 rings (SSSR count). The Labute approximate surface area is 303 Å². The summed E-state index contributed by atoms with van der Waals surface area (Å²) >= 11 is 0. The summed E-state index contributed by atoms with van der Waals surface area (Å²) in [6.45, 7) is 2.45. The standard InChI is InChI=1S/C33H35N5O5.C4H6O6/c1-32(35-29(39)21-15-23-22-10-6-11-24-28(22)20(17-34-24)16-25(23)36(2)18-21)31(41)38-26(14-19-8-4-3-5-9-19)30(40)37-13-7-12-27(37)33(38,42)43-32;5-1(3(7)8)2(6)4(9)10/h3-6,8-11,15,17,21,25-27,34,42H,7,12-14,16,18H2,1-2H3,(H,35,39);1-2,5-6H,(H,7,8)(H,9,10)/t21-,25-,26+,27?,32-,33+;1-,2-/m11/s1. The predicted molar refractivity (Wildman–Crippen MR) is 185 cm³/mol. The SMILES string of the molecule is CN1C[C@H](C(=O)N[C@]2(C)O[C@@]3(O)C4CCCN4C(=O)[C@H](Cc4ccccc4)N3C2=O)C=C2c3cccc4[nH]cc(c34)C[C@H]21.O=C(O)[C@H](O)[C@@H](O)C(=O)O. The zero-order valence-corrected chi connectivity index (χ0v) is 29.0. The minimum absolute atomic E-state index is 0.144. The molecule has 3 fully saturated rings. The maximum Gasteiger partial charge on any atom is 0.335 e. The number of aliphatic carboxylic acids is 2. The Bertz CT molecular complexity index is 2000. The number of fused-ring (bicyclic) bond motifs is 5. The van der Waals surface area contributed by atoms with Crippen LogP contribution in [0.3, 0.4) is 0 Å². The maximum atomic E-state index is 14.2. The quantitative estimate of drug-likeness (QED) is 0.168. The number of nitrogens with one attached hydrogen (secondary N) is 2. The average Bonchev–Trinajstić information content (AvgIpc) is 3.84. The van der Waals surface area contributed by atoms with Gasteiger partial charge in [0.1, 0.15) is 12.1 Å². The van der Waals surface area contributed by atoms with Gasteiger partial charge in [0, 0.05) is 42.7 Å². The second-order valence-corrected chi connectivity index (χ2v) is 14.3. The van der Waals surface area contributed by atoms with Crippen LogP contribution in [-0.2, 0) is 41.6 Å². The van der Waals surface area contributed by atoms with Crippen LogP contribution in [0.1, 0.15) is 36.5 Å². The number of ether oxygens (including phenoxy) is 1. The number of likely N-dealkylation sites (N-methyl/N-ethyl adjacent to an activating group) is 1. The van der Waals surface area contributed by atoms with Gasteiger partial charge in [-0.15, -0.1) is 0 Å². The van der Waals surface area contributed by atoms with Crippen molar-refractivity contribution in [3.63, 3.8) is 0 Å². The number of aliphatic hydroxyl groups excluding tert-OH is 2. The summed E-state index contributed by atoms with van der Waals surface area (Å²) in [6.07, 6.45) is 1.85. The molecule has 8 atom stereocenters. The molecule has 1 unspecified atom stereocenters. The first-order chi connectivity index (χ1) is 25.1. The first-order valence-corrected chi connectivity index (χ1v) is 17.4. The minimum atomic E-state index is -2.27. The molecular weight excluding hydrogens is 690 g/mol. The molecule has 1 aliphatic carbocycles. The number of piperazine rings is 1. The van der Waals surface area contributed by atoms with Crippen LogP contribution in [0.4, 0.5) is 0 Å². The molecule has 0 saturated carbocycles. The van der Waals surface area contributed by atoms with Gasteiger partial charge < -0.3 is 40.7 Å². The smallest absolute Gasteiger partial charge is 0.335 e. The summed E-state index contributed by atoms with van der Waals surface area (Å²) in [7, 11) is 2.02. The first kappa shape index (κ1) is 36.2. The third kappa shape index (κ3) is 6.05. The number of hydrogen-bond donors (Lipinski definition) is 7. The van der Waals surface area contributed by atoms with Crippen LogP contribution in [0, 0.1) is 5.92 Å². The zero-order valence-electron chi connectivity index (χ0n) is 29.0. The van der Waals surface area contributed by atoms with Gasteiger partial charge in [-0.2, -0.15) is 0 Å². The van der Waals surface area contributed by atoms with Gasteiger partial charge in [0.2, 0.25) is 17.5 Å². The van der Waals surface area contributed by atoms with E-state index in [4.69, 9.17) is 25.2 Å². The normalized spacial score (nSPS) is 30.0. The number of aromatic amines is 1. The fraction of sp³-hybridized carbons (Fsp3) is 0.432. The van der Waals surface area contributed by atoms with E-state index in [2.05, 4.69) is 33.5 Å². The molecule has 5 heterocycles. The predicted octanol–water partition coefficient (Wildman–Crippen LogP) is -0.132. The van der Waals surface area contributed by atoms with Crippen molar-refractivity contribution in [3.8, 4) is 0 Å². The molecular formula is C37H41N5O11. The number of carboxylic acid groups (broad SMARTS) is 2. The average molecular weight is 732 g/mol. The maximum absolute atomic E-state index is 14.2. The summed E-state index contributed by atoms with van der Waals surface area (Å²) in [5.41, 5.74) is 3.58. The number of nitrogens with zero attached hydrogens (tertiary/aromatic N) is 3. The van der Waals surface area contributed by atoms with Gasteiger partial charge in [-0.3, -0.25) is 28.9 Å². The fourth-order valence-electron chi connectivity index (χ4n) is 8.39. The lowest BCUT2D eigenvalue weighted by atomic mass is 9.79. The number of rotatable bonds is 7. The summed E-state index contributed by atoms with van der Waals surface area (Å²) in [5, 5.41) is 48.6. The fourth-order valence-corrected chi connectivity index (χ4v) is 8.39. The summed E-state index contributed by atoms with van der Waals surface area (Å²) < 4.78 is 6.23. The van der Waals surface area contributed by atoms with E-state index in [-0.39, 0.29) is 24.3 Å². The Morgan fingerprint density at radius 2 is 1.74 bits per heavy atom. The molecule has 5 aliphatic rings. The van der Waals surface area contributed by atoms with Crippen molar-refractivity contribution in [2.24, 2.45) is 5.92 Å². The molecule has 2 aromatic carbocycles. The Hall–Kier alpha value is -5.13. The third-order valence-corrected chi connectivity index (χ3v) is 10.9. The Balaban J connectivity index is 0.000000384. The van der Waals surface area contributed by atoms with E-state index < -0.39 is 59.7 Å². The number of H-pyrrole nitrogens is 1. The molecule has 0 radical (unpaired) electrons. The Kier molecular flexibility index (Phi) is 9.14. The van der Waals surface area contributed by atoms with Gasteiger partial charge in [0.15, 0.2) is 12.2 Å². The molecule has 3 aromatic rings. The first-order valence-electron chi connectivity index (χ1n) is 17.4. The highest BCUT2D eigenvalue weighted by Crippen LogP contribution is 2.46. The zero-order chi connectivity index (χ0) is 38.0. The van der Waals surface area contributed by atoms with Crippen LogP contribution < -0.4 is 5.32 Å². The lowest BCUT2D eigenvalue weighted by Gasteiger charge is -2.48. The molecule has 0 spiro atoms. The van der Waals surface area contributed by atoms with Crippen molar-refractivity contribution in [2.45, 2.75) is 74.6 Å². The molecule has 1 aromatic heterocycles. The second kappa shape index (κ2) is 13.4. The van der Waals surface area contributed by atoms with Gasteiger partial charge >= 0.3 is 11.9 Å². The topological polar surface area (TPSA) is 233 Å². The van der Waals surface area contributed by atoms with E-state index in [1.807, 2.05) is 49.5 Å². The molecule has 4 aliphatic heterocycles. The second-order valence-electron chi connectivity index (χ2n) is 14.3. The molecule has 16 heteroatoms. The van der Waals surface area contributed by atoms with Gasteiger partial charge in [-0.05, 0) is 61.6 Å². The number of hydrogen-bond acceptors (Lipinski definition) is 10. The van der Waals surface area contributed by atoms with Gasteiger partial charge in [0.25, 0.3) is 11.8 Å². The molecule has 0 bridgehead atoms. The highest BCUT2D eigenvalue weighted by Gasteiger charge is 2.70. The third-order valence-electron chi connectivity index (χ3n) is 10.9. The molecule has 16 nitrogen and oxygen atoms in total. The van der Waals surface area contributed by atoms with Crippen molar-refractivity contribution >= 4 is 46.1 Å². The van der Waals surface area contributed by atoms with E-state index in [0.717, 1.165) is 28.6 Å². The van der Waals surface area contributed by atoms with Crippen molar-refractivity contribution in [3.05, 3.63) is 77.5 Å². The number of aliphatic hydroxyl groups is 3. The van der Waals surface area contributed by atoms with Crippen LogP contribution >= 0.6 is 0 Å². The number of amides is 3. The van der Waals surface area contributed by atoms with Gasteiger partial charge in [0.05, 0.1) is 5.92 Å². The number of carbonyl (C=O) groups excluding carboxylic acids is 3. The highest BCUT2D eigenvalue weighted by molar-refractivity contribution is 6.01. The lowest BCUT2D eigenvalue weighted by molar-refractivity contribution is -0.315. The van der Waals surface area contributed by atoms with Crippen molar-refractivity contribution in [1.82, 2.24) is 25.0 Å². The highest BCUT2D eigenvalue weighted by atomic mass is 16.7. The van der Waals surface area contributed by atoms with Crippen molar-refractivity contribution in [1.29, 1.82) is 0 Å². The number of benzene rings is 2. The van der Waals surface area contributed by atoms with Crippen LogP contribution in [0.25, 0.3) is 16.5 Å². The Morgan fingerprint density at radius 1 is 1.04 bits per heavy atom. The number of aromatic nitrogens is 1. The number of carboxylic acids is 2. The van der Waals surface area contributed by atoms with E-state index in [0.29, 0.717) is 25.9 Å². The van der Waals surface area contributed by atoms with Gasteiger partial charge in [-0.1, -0.05) is 48.5 Å². The largest absolute Gasteiger partial charge is 0.479 e. The van der Waals surface area contributed by atoms with Crippen LogP contribution in [0.5, 0.6) is 0 Å². The minimum Gasteiger partial charge on any atom is -0.479 e. The van der Waals surface area contributed by atoms with E-state index in [9.17, 15) is 29.1 Å². The summed E-state index contributed by atoms with van der Waals surface area (Å²) in [5.74, 6) is -7.30. The van der Waals surface area contributed by atoms with Crippen LogP contribution in [-0.4, -0.2) is 137 Å². The van der Waals surface area contributed by atoms with E-state index >= 15 is 0 Å². The number of carbonyl (C=O) groups is 5. The molecule has 280 valence electrons. The van der Waals surface area contributed by atoms with E-state index in [1.165, 1.54) is 22.8 Å². The molecule has 7 N–H and O–H groups in total. The lowest BCUT2D eigenvalue weighted by Crippen LogP contribution is -2.71. The van der Waals surface area contributed by atoms with Crippen molar-refractivity contribution < 1.29 is 54.2 Å². The Morgan fingerprint density at radius 3 is 2.42 bits per heavy atom. The van der Waals surface area contributed by atoms with Gasteiger partial charge in [-0.25, -0.2) is 9.59 Å². The molecule has 3 saturated heterocycles. The molecule has 3 amide bonds. The summed E-state index contributed by atoms with van der Waals surface area (Å²) in [4.78, 5) is 69.8. The van der Waals surface area contributed by atoms with E-state index in [1.54, 1.807) is 4.90 Å². The van der Waals surface area contributed by atoms with Crippen molar-refractivity contribution in [2.75, 3.05) is 20.1 Å². The van der Waals surface area contributed by atoms with Crippen LogP contribution in [0.15, 0.2) is 60.8 Å². The monoisotopic (exact) mass is 731 g/mol.